The van der Waals surface area contributed by atoms with Crippen LogP contribution in [0.4, 0.5) is 9.93 Å². The molecule has 1 aromatic heterocycles. The van der Waals surface area contributed by atoms with E-state index in [0.717, 1.165) is 62.3 Å². The monoisotopic (exact) mass is 532 g/mol. The van der Waals surface area contributed by atoms with Crippen LogP contribution in [-0.4, -0.2) is 53.0 Å². The zero-order valence-electron chi connectivity index (χ0n) is 22.2. The lowest BCUT2D eigenvalue weighted by atomic mass is 10.0. The molecule has 0 saturated carbocycles. The summed E-state index contributed by atoms with van der Waals surface area (Å²) in [5, 5.41) is 3.49. The Morgan fingerprint density at radius 1 is 1.11 bits per heavy atom. The Morgan fingerprint density at radius 3 is 2.63 bits per heavy atom. The second kappa shape index (κ2) is 12.1. The van der Waals surface area contributed by atoms with Crippen LogP contribution in [-0.2, 0) is 22.5 Å². The zero-order chi connectivity index (χ0) is 26.5. The second-order valence-corrected chi connectivity index (χ2v) is 11.3. The number of anilines is 1. The number of nitrogens with one attached hydrogen (secondary N) is 1. The molecule has 38 heavy (non-hydrogen) atoms. The SMILES string of the molecule is CCCC(=O)Nc1nc2c(s1)CCCC2OC(=O)N(C)C1CCN(Cc2ccc(-c3ccccc3)cc2)C1. The van der Waals surface area contributed by atoms with Crippen LogP contribution >= 0.6 is 11.3 Å². The Balaban J connectivity index is 1.14. The number of amides is 2. The molecule has 7 nitrogen and oxygen atoms in total. The van der Waals surface area contributed by atoms with Gasteiger partial charge in [0.1, 0.15) is 6.10 Å². The maximum absolute atomic E-state index is 13.1. The number of hydrogen-bond donors (Lipinski definition) is 1. The fourth-order valence-electron chi connectivity index (χ4n) is 5.27. The van der Waals surface area contributed by atoms with Crippen molar-refractivity contribution in [2.75, 3.05) is 25.5 Å². The summed E-state index contributed by atoms with van der Waals surface area (Å²) in [5.74, 6) is -0.0233. The van der Waals surface area contributed by atoms with Crippen molar-refractivity contribution >= 4 is 28.5 Å². The molecule has 3 aromatic rings. The lowest BCUT2D eigenvalue weighted by Crippen LogP contribution is -2.40. The van der Waals surface area contributed by atoms with Gasteiger partial charge in [0.15, 0.2) is 5.13 Å². The van der Waals surface area contributed by atoms with E-state index in [2.05, 4.69) is 63.7 Å². The van der Waals surface area contributed by atoms with Crippen molar-refractivity contribution in [1.29, 1.82) is 0 Å². The van der Waals surface area contributed by atoms with E-state index >= 15 is 0 Å². The number of carbonyl (C=O) groups excluding carboxylic acids is 2. The minimum Gasteiger partial charge on any atom is -0.440 e. The summed E-state index contributed by atoms with van der Waals surface area (Å²) in [6.45, 7) is 4.62. The maximum Gasteiger partial charge on any atom is 0.410 e. The molecule has 2 atom stereocenters. The molecule has 5 rings (SSSR count). The molecule has 1 fully saturated rings. The summed E-state index contributed by atoms with van der Waals surface area (Å²) in [6.07, 6.45) is 4.15. The van der Waals surface area contributed by atoms with Crippen molar-refractivity contribution in [2.45, 2.75) is 64.1 Å². The van der Waals surface area contributed by atoms with Gasteiger partial charge >= 0.3 is 6.09 Å². The summed E-state index contributed by atoms with van der Waals surface area (Å²) >= 11 is 1.50. The smallest absolute Gasteiger partial charge is 0.410 e. The number of likely N-dealkylation sites (N-methyl/N-ethyl adjacent to an activating group) is 1. The van der Waals surface area contributed by atoms with E-state index in [1.54, 1.807) is 4.90 Å². The van der Waals surface area contributed by atoms with Gasteiger partial charge in [-0.2, -0.15) is 0 Å². The molecule has 0 spiro atoms. The van der Waals surface area contributed by atoms with Gasteiger partial charge in [0.05, 0.1) is 5.69 Å². The summed E-state index contributed by atoms with van der Waals surface area (Å²) < 4.78 is 5.97. The molecular formula is C30H36N4O3S. The first kappa shape index (κ1) is 26.4. The van der Waals surface area contributed by atoms with Crippen molar-refractivity contribution in [3.05, 3.63) is 70.7 Å². The van der Waals surface area contributed by atoms with Crippen LogP contribution in [0.25, 0.3) is 11.1 Å². The van der Waals surface area contributed by atoms with E-state index in [-0.39, 0.29) is 24.1 Å². The molecule has 0 radical (unpaired) electrons. The van der Waals surface area contributed by atoms with Gasteiger partial charge in [-0.15, -0.1) is 11.3 Å². The van der Waals surface area contributed by atoms with E-state index in [0.29, 0.717) is 11.6 Å². The van der Waals surface area contributed by atoms with Crippen LogP contribution in [0.3, 0.4) is 0 Å². The zero-order valence-corrected chi connectivity index (χ0v) is 23.0. The summed E-state index contributed by atoms with van der Waals surface area (Å²) in [5.41, 5.74) is 4.52. The third-order valence-corrected chi connectivity index (χ3v) is 8.47. The predicted molar refractivity (Wildman–Crippen MR) is 151 cm³/mol. The first-order valence-corrected chi connectivity index (χ1v) is 14.4. The molecule has 1 saturated heterocycles. The summed E-state index contributed by atoms with van der Waals surface area (Å²) in [7, 11) is 1.84. The quantitative estimate of drug-likeness (QED) is 0.370. The highest BCUT2D eigenvalue weighted by Gasteiger charge is 2.33. The normalized spacial score (nSPS) is 19.1. The van der Waals surface area contributed by atoms with E-state index in [1.165, 1.54) is 28.0 Å². The van der Waals surface area contributed by atoms with Crippen molar-refractivity contribution < 1.29 is 14.3 Å². The topological polar surface area (TPSA) is 74.8 Å². The molecule has 2 aromatic carbocycles. The number of aromatic nitrogens is 1. The van der Waals surface area contributed by atoms with Crippen LogP contribution in [0.2, 0.25) is 0 Å². The second-order valence-electron chi connectivity index (χ2n) is 10.2. The average Bonchev–Trinajstić information content (AvgIpc) is 3.56. The third-order valence-electron chi connectivity index (χ3n) is 7.42. The Morgan fingerprint density at radius 2 is 1.87 bits per heavy atom. The van der Waals surface area contributed by atoms with Gasteiger partial charge in [-0.05, 0) is 48.8 Å². The standard InChI is InChI=1S/C30H36N4O3S/c1-3-8-27(35)31-29-32-28-25(11-7-12-26(28)38-29)37-30(36)33(2)24-17-18-34(20-24)19-21-13-15-23(16-14-21)22-9-5-4-6-10-22/h4-6,9-10,13-16,24-25H,3,7-8,11-12,17-20H2,1-2H3,(H,31,32,35). The molecule has 200 valence electrons. The maximum atomic E-state index is 13.1. The molecular weight excluding hydrogens is 496 g/mol. The third kappa shape index (κ3) is 6.25. The van der Waals surface area contributed by atoms with E-state index < -0.39 is 0 Å². The van der Waals surface area contributed by atoms with Crippen molar-refractivity contribution in [3.8, 4) is 11.1 Å². The van der Waals surface area contributed by atoms with Crippen molar-refractivity contribution in [3.63, 3.8) is 0 Å². The van der Waals surface area contributed by atoms with E-state index in [1.807, 2.05) is 20.0 Å². The molecule has 2 aliphatic rings. The number of nitrogens with zero attached hydrogens (tertiary/aromatic N) is 3. The molecule has 8 heteroatoms. The van der Waals surface area contributed by atoms with Crippen LogP contribution in [0.5, 0.6) is 0 Å². The Labute approximate surface area is 228 Å². The molecule has 1 aliphatic carbocycles. The van der Waals surface area contributed by atoms with Gasteiger partial charge in [0.25, 0.3) is 0 Å². The van der Waals surface area contributed by atoms with E-state index in [4.69, 9.17) is 4.74 Å². The van der Waals surface area contributed by atoms with Gasteiger partial charge in [0, 0.05) is 44.0 Å². The highest BCUT2D eigenvalue weighted by atomic mass is 32.1. The molecule has 2 unspecified atom stereocenters. The number of benzene rings is 2. The highest BCUT2D eigenvalue weighted by Crippen LogP contribution is 2.38. The van der Waals surface area contributed by atoms with Gasteiger partial charge in [0.2, 0.25) is 5.91 Å². The van der Waals surface area contributed by atoms with Gasteiger partial charge < -0.3 is 15.0 Å². The van der Waals surface area contributed by atoms with Crippen LogP contribution in [0, 0.1) is 0 Å². The van der Waals surface area contributed by atoms with Gasteiger partial charge in [-0.1, -0.05) is 61.5 Å². The number of rotatable bonds is 8. The highest BCUT2D eigenvalue weighted by molar-refractivity contribution is 7.15. The van der Waals surface area contributed by atoms with Crippen molar-refractivity contribution in [2.24, 2.45) is 0 Å². The minimum atomic E-state index is -0.359. The minimum absolute atomic E-state index is 0.0233. The van der Waals surface area contributed by atoms with E-state index in [9.17, 15) is 9.59 Å². The molecule has 2 heterocycles. The summed E-state index contributed by atoms with van der Waals surface area (Å²) in [4.78, 5) is 35.0. The number of aryl methyl sites for hydroxylation is 1. The number of fused-ring (bicyclic) bond motifs is 1. The predicted octanol–water partition coefficient (Wildman–Crippen LogP) is 6.27. The van der Waals surface area contributed by atoms with Crippen LogP contribution in [0.15, 0.2) is 54.6 Å². The van der Waals surface area contributed by atoms with Crippen molar-refractivity contribution in [1.82, 2.24) is 14.8 Å². The van der Waals surface area contributed by atoms with Gasteiger partial charge in [-0.3, -0.25) is 9.69 Å². The van der Waals surface area contributed by atoms with Gasteiger partial charge in [-0.25, -0.2) is 9.78 Å². The number of hydrogen-bond acceptors (Lipinski definition) is 6. The lowest BCUT2D eigenvalue weighted by molar-refractivity contribution is -0.116. The molecule has 1 N–H and O–H groups in total. The first-order valence-electron chi connectivity index (χ1n) is 13.6. The number of ether oxygens (including phenoxy) is 1. The first-order chi connectivity index (χ1) is 18.5. The number of thiazole rings is 1. The fraction of sp³-hybridized carbons (Fsp3) is 0.433. The largest absolute Gasteiger partial charge is 0.440 e. The fourth-order valence-corrected chi connectivity index (χ4v) is 6.34. The number of carbonyl (C=O) groups is 2. The molecule has 2 amide bonds. The molecule has 0 bridgehead atoms. The Hall–Kier alpha value is -3.23. The number of likely N-dealkylation sites (tertiary alicyclic amines) is 1. The van der Waals surface area contributed by atoms with Crippen LogP contribution < -0.4 is 5.32 Å². The lowest BCUT2D eigenvalue weighted by Gasteiger charge is -2.28. The molecule has 1 aliphatic heterocycles. The Kier molecular flexibility index (Phi) is 8.39. The Bertz CT molecular complexity index is 1240. The van der Waals surface area contributed by atoms with Crippen LogP contribution in [0.1, 0.15) is 61.3 Å². The summed E-state index contributed by atoms with van der Waals surface area (Å²) in [6, 6.07) is 19.3. The average molecular weight is 533 g/mol.